The molecule has 2 aromatic rings. The molecule has 0 spiro atoms. The Morgan fingerprint density at radius 1 is 1.60 bits per heavy atom. The molecule has 128 valence electrons. The lowest BCUT2D eigenvalue weighted by Gasteiger charge is -2.24. The van der Waals surface area contributed by atoms with Gasteiger partial charge in [0.25, 0.3) is 0 Å². The first kappa shape index (κ1) is 16.7. The minimum atomic E-state index is -1.11. The summed E-state index contributed by atoms with van der Waals surface area (Å²) in [5.74, 6) is -1.08. The van der Waals surface area contributed by atoms with E-state index in [1.54, 1.807) is 18.2 Å². The highest BCUT2D eigenvalue weighted by molar-refractivity contribution is 6.32. The Morgan fingerprint density at radius 2 is 2.36 bits per heavy atom. The van der Waals surface area contributed by atoms with Gasteiger partial charge in [0.05, 0.1) is 10.9 Å². The summed E-state index contributed by atoms with van der Waals surface area (Å²) >= 11 is 6.20. The molecule has 25 heavy (non-hydrogen) atoms. The highest BCUT2D eigenvalue weighted by Gasteiger charge is 2.34. The molecule has 0 saturated heterocycles. The normalized spacial score (nSPS) is 16.0. The summed E-state index contributed by atoms with van der Waals surface area (Å²) in [5, 5.41) is 25.3. The predicted molar refractivity (Wildman–Crippen MR) is 87.2 cm³/mol. The number of hydrogen-bond donors (Lipinski definition) is 3. The number of aromatic amines is 1. The zero-order valence-electron chi connectivity index (χ0n) is 13.0. The molecule has 1 aromatic heterocycles. The van der Waals surface area contributed by atoms with Crippen LogP contribution in [-0.2, 0) is 4.79 Å². The summed E-state index contributed by atoms with van der Waals surface area (Å²) in [6.45, 7) is 1.31. The second-order valence-electron chi connectivity index (χ2n) is 5.36. The number of halogens is 1. The Hall–Kier alpha value is -3.18. The molecule has 1 aliphatic rings. The van der Waals surface area contributed by atoms with E-state index in [2.05, 4.69) is 16.3 Å². The van der Waals surface area contributed by atoms with Gasteiger partial charge < -0.3 is 20.3 Å². The number of hydrogen-bond acceptors (Lipinski definition) is 6. The number of ether oxygens (including phenoxy) is 2. The molecular formula is C16H13ClN4O4. The maximum absolute atomic E-state index is 10.6. The summed E-state index contributed by atoms with van der Waals surface area (Å²) in [7, 11) is 0. The zero-order chi connectivity index (χ0) is 18.1. The van der Waals surface area contributed by atoms with E-state index >= 15 is 0 Å². The average Bonchev–Trinajstić information content (AvgIpc) is 2.92. The quantitative estimate of drug-likeness (QED) is 0.759. The van der Waals surface area contributed by atoms with Crippen LogP contribution in [0.3, 0.4) is 0 Å². The first-order valence-corrected chi connectivity index (χ1v) is 7.56. The van der Waals surface area contributed by atoms with Gasteiger partial charge >= 0.3 is 5.97 Å². The van der Waals surface area contributed by atoms with Crippen LogP contribution < -0.4 is 15.2 Å². The van der Waals surface area contributed by atoms with Crippen molar-refractivity contribution in [3.8, 4) is 17.7 Å². The van der Waals surface area contributed by atoms with Gasteiger partial charge in [0, 0.05) is 11.3 Å². The summed E-state index contributed by atoms with van der Waals surface area (Å²) in [5.41, 5.74) is 8.21. The molecule has 0 fully saturated rings. The van der Waals surface area contributed by atoms with Crippen molar-refractivity contribution < 1.29 is 19.4 Å². The molecule has 8 nitrogen and oxygen atoms in total. The number of nitrogens with one attached hydrogen (secondary N) is 1. The van der Waals surface area contributed by atoms with Gasteiger partial charge in [0.2, 0.25) is 11.8 Å². The molecule has 0 bridgehead atoms. The van der Waals surface area contributed by atoms with Crippen molar-refractivity contribution in [1.82, 2.24) is 10.2 Å². The van der Waals surface area contributed by atoms with Crippen molar-refractivity contribution in [3.63, 3.8) is 0 Å². The van der Waals surface area contributed by atoms with Crippen molar-refractivity contribution in [1.29, 1.82) is 5.26 Å². The lowest BCUT2D eigenvalue weighted by Crippen LogP contribution is -2.21. The zero-order valence-corrected chi connectivity index (χ0v) is 13.8. The van der Waals surface area contributed by atoms with Crippen molar-refractivity contribution in [3.05, 3.63) is 51.5 Å². The second kappa shape index (κ2) is 6.37. The van der Waals surface area contributed by atoms with Gasteiger partial charge in [-0.3, -0.25) is 5.10 Å². The third-order valence-corrected chi connectivity index (χ3v) is 4.07. The number of benzene rings is 1. The standard InChI is InChI=1S/C16H13ClN4O4/c1-7-13-14(9(5-18)15(19)25-16(13)21-20-7)8-2-3-11(10(17)4-8)24-6-12(22)23/h2-4,14H,6,19H2,1H3,(H,20,21)(H,22,23). The van der Waals surface area contributed by atoms with Gasteiger partial charge in [-0.15, -0.1) is 5.10 Å². The fraction of sp³-hybridized carbons (Fsp3) is 0.188. The van der Waals surface area contributed by atoms with Gasteiger partial charge in [0.1, 0.15) is 17.4 Å². The number of rotatable bonds is 4. The Bertz CT molecular complexity index is 929. The third-order valence-electron chi connectivity index (χ3n) is 3.77. The van der Waals surface area contributed by atoms with E-state index < -0.39 is 18.5 Å². The third kappa shape index (κ3) is 2.97. The number of aromatic nitrogens is 2. The largest absolute Gasteiger partial charge is 0.480 e. The van der Waals surface area contributed by atoms with Crippen LogP contribution in [0.25, 0.3) is 0 Å². The molecule has 1 atom stereocenters. The van der Waals surface area contributed by atoms with Crippen LogP contribution in [0.4, 0.5) is 0 Å². The Labute approximate surface area is 147 Å². The van der Waals surface area contributed by atoms with Crippen LogP contribution in [-0.4, -0.2) is 27.9 Å². The van der Waals surface area contributed by atoms with E-state index in [4.69, 9.17) is 31.9 Å². The molecule has 0 radical (unpaired) electrons. The minimum absolute atomic E-state index is 0.0196. The van der Waals surface area contributed by atoms with Crippen molar-refractivity contribution in [2.45, 2.75) is 12.8 Å². The van der Waals surface area contributed by atoms with E-state index in [1.807, 2.05) is 6.92 Å². The topological polar surface area (TPSA) is 134 Å². The number of aryl methyl sites for hydroxylation is 1. The lowest BCUT2D eigenvalue weighted by atomic mass is 9.84. The van der Waals surface area contributed by atoms with Crippen LogP contribution >= 0.6 is 11.6 Å². The monoisotopic (exact) mass is 360 g/mol. The number of carboxylic acid groups (broad SMARTS) is 1. The molecule has 0 amide bonds. The number of carbonyl (C=O) groups is 1. The number of allylic oxidation sites excluding steroid dienone is 1. The Morgan fingerprint density at radius 3 is 3.00 bits per heavy atom. The molecule has 9 heteroatoms. The van der Waals surface area contributed by atoms with Crippen LogP contribution in [0.5, 0.6) is 11.6 Å². The fourth-order valence-electron chi connectivity index (χ4n) is 2.69. The molecule has 3 rings (SSSR count). The molecule has 0 saturated carbocycles. The molecule has 1 unspecified atom stereocenters. The van der Waals surface area contributed by atoms with Crippen LogP contribution in [0, 0.1) is 18.3 Å². The van der Waals surface area contributed by atoms with Crippen molar-refractivity contribution in [2.75, 3.05) is 6.61 Å². The van der Waals surface area contributed by atoms with Gasteiger partial charge in [-0.1, -0.05) is 17.7 Å². The van der Waals surface area contributed by atoms with E-state index in [1.165, 1.54) is 0 Å². The lowest BCUT2D eigenvalue weighted by molar-refractivity contribution is -0.139. The number of nitrogens with two attached hydrogens (primary N) is 1. The van der Waals surface area contributed by atoms with Crippen LogP contribution in [0.15, 0.2) is 29.7 Å². The SMILES string of the molecule is Cc1[nH]nc2c1C(c1ccc(OCC(=O)O)c(Cl)c1)C(C#N)=C(N)O2. The summed E-state index contributed by atoms with van der Waals surface area (Å²) in [4.78, 5) is 10.6. The number of nitrogens with zero attached hydrogens (tertiary/aromatic N) is 2. The van der Waals surface area contributed by atoms with Gasteiger partial charge in [0.15, 0.2) is 6.61 Å². The molecule has 2 heterocycles. The number of H-pyrrole nitrogens is 1. The highest BCUT2D eigenvalue weighted by atomic mass is 35.5. The van der Waals surface area contributed by atoms with Gasteiger partial charge in [-0.2, -0.15) is 5.26 Å². The molecule has 4 N–H and O–H groups in total. The maximum Gasteiger partial charge on any atom is 0.341 e. The first-order chi connectivity index (χ1) is 11.9. The molecular weight excluding hydrogens is 348 g/mol. The summed E-state index contributed by atoms with van der Waals surface area (Å²) in [6, 6.07) is 6.92. The van der Waals surface area contributed by atoms with Crippen LogP contribution in [0.2, 0.25) is 5.02 Å². The van der Waals surface area contributed by atoms with Crippen LogP contribution in [0.1, 0.15) is 22.7 Å². The van der Waals surface area contributed by atoms with Crippen molar-refractivity contribution in [2.24, 2.45) is 5.73 Å². The Balaban J connectivity index is 2.05. The van der Waals surface area contributed by atoms with Gasteiger partial charge in [-0.05, 0) is 24.6 Å². The predicted octanol–water partition coefficient (Wildman–Crippen LogP) is 2.05. The fourth-order valence-corrected chi connectivity index (χ4v) is 2.93. The minimum Gasteiger partial charge on any atom is -0.480 e. The van der Waals surface area contributed by atoms with Crippen molar-refractivity contribution >= 4 is 17.6 Å². The number of carboxylic acids is 1. The Kier molecular flexibility index (Phi) is 4.25. The number of aliphatic carboxylic acids is 1. The first-order valence-electron chi connectivity index (χ1n) is 7.18. The van der Waals surface area contributed by atoms with E-state index in [0.29, 0.717) is 17.0 Å². The number of fused-ring (bicyclic) bond motifs is 1. The molecule has 0 aliphatic carbocycles. The summed E-state index contributed by atoms with van der Waals surface area (Å²) in [6.07, 6.45) is 0. The van der Waals surface area contributed by atoms with E-state index in [-0.39, 0.29) is 22.2 Å². The maximum atomic E-state index is 10.6. The van der Waals surface area contributed by atoms with E-state index in [9.17, 15) is 10.1 Å². The van der Waals surface area contributed by atoms with E-state index in [0.717, 1.165) is 5.69 Å². The summed E-state index contributed by atoms with van der Waals surface area (Å²) < 4.78 is 10.5. The number of nitriles is 1. The molecule has 1 aromatic carbocycles. The molecule has 1 aliphatic heterocycles. The smallest absolute Gasteiger partial charge is 0.341 e. The second-order valence-corrected chi connectivity index (χ2v) is 5.77. The average molecular weight is 361 g/mol. The highest BCUT2D eigenvalue weighted by Crippen LogP contribution is 2.43. The van der Waals surface area contributed by atoms with Gasteiger partial charge in [-0.25, -0.2) is 4.79 Å².